The van der Waals surface area contributed by atoms with Crippen LogP contribution in [0.5, 0.6) is 0 Å². The molecule has 0 aliphatic rings. The lowest BCUT2D eigenvalue weighted by Crippen LogP contribution is -2.40. The van der Waals surface area contributed by atoms with E-state index in [0.29, 0.717) is 30.4 Å². The number of nitrogens with zero attached hydrogens (tertiary/aromatic N) is 1. The molecule has 0 aromatic heterocycles. The molecule has 3 N–H and O–H groups in total. The molecule has 0 atom stereocenters. The molecular formula is C19H33N3O3S. The first-order valence-corrected chi connectivity index (χ1v) is 11.0. The van der Waals surface area contributed by atoms with Crippen LogP contribution in [-0.4, -0.2) is 51.5 Å². The van der Waals surface area contributed by atoms with Gasteiger partial charge in [0, 0.05) is 26.2 Å². The first kappa shape index (κ1) is 22.4. The third-order valence-corrected chi connectivity index (χ3v) is 6.56. The molecule has 148 valence electrons. The molecule has 0 bridgehead atoms. The molecule has 0 aliphatic carbocycles. The Labute approximate surface area is 158 Å². The highest BCUT2D eigenvalue weighted by molar-refractivity contribution is 7.91. The quantitative estimate of drug-likeness (QED) is 0.403. The summed E-state index contributed by atoms with van der Waals surface area (Å²) in [6.07, 6.45) is 2.59. The topological polar surface area (TPSA) is 90.8 Å². The highest BCUT2D eigenvalue weighted by atomic mass is 32.2. The van der Waals surface area contributed by atoms with Crippen LogP contribution in [0.3, 0.4) is 0 Å². The molecule has 0 saturated carbocycles. The van der Waals surface area contributed by atoms with Crippen molar-refractivity contribution < 1.29 is 13.5 Å². The molecule has 6 nitrogen and oxygen atoms in total. The Bertz CT molecular complexity index is 641. The van der Waals surface area contributed by atoms with Gasteiger partial charge in [-0.3, -0.25) is 4.99 Å². The van der Waals surface area contributed by atoms with Crippen LogP contribution in [0.25, 0.3) is 0 Å². The molecule has 0 amide bonds. The number of benzene rings is 1. The number of aliphatic hydroxyl groups excluding tert-OH is 1. The van der Waals surface area contributed by atoms with Crippen LogP contribution >= 0.6 is 0 Å². The van der Waals surface area contributed by atoms with E-state index in [1.54, 1.807) is 30.3 Å². The Morgan fingerprint density at radius 2 is 1.77 bits per heavy atom. The summed E-state index contributed by atoms with van der Waals surface area (Å²) in [4.78, 5) is 4.96. The number of aliphatic hydroxyl groups is 1. The van der Waals surface area contributed by atoms with Gasteiger partial charge in [0.2, 0.25) is 0 Å². The summed E-state index contributed by atoms with van der Waals surface area (Å²) in [5.74, 6) is 0.616. The van der Waals surface area contributed by atoms with E-state index in [9.17, 15) is 13.5 Å². The number of hydrogen-bond donors (Lipinski definition) is 3. The van der Waals surface area contributed by atoms with Crippen LogP contribution in [0.1, 0.15) is 40.0 Å². The second-order valence-electron chi connectivity index (χ2n) is 6.43. The molecule has 1 rings (SSSR count). The van der Waals surface area contributed by atoms with Gasteiger partial charge >= 0.3 is 0 Å². The fraction of sp³-hybridized carbons (Fsp3) is 0.632. The van der Waals surface area contributed by atoms with Crippen molar-refractivity contribution in [1.82, 2.24) is 10.6 Å². The number of nitrogens with one attached hydrogen (secondary N) is 2. The average Bonchev–Trinajstić information content (AvgIpc) is 2.65. The summed E-state index contributed by atoms with van der Waals surface area (Å²) in [7, 11) is -3.31. The molecule has 1 aromatic rings. The standard InChI is InChI=1S/C19H33N3O3S/c1-4-19(5-2,12-14-23)16-22-18(20-6-3)21-13-15-26(24,25)17-10-8-7-9-11-17/h7-11,23H,4-6,12-16H2,1-3H3,(H2,20,21,22). The molecule has 26 heavy (non-hydrogen) atoms. The first-order chi connectivity index (χ1) is 12.4. The minimum atomic E-state index is -3.31. The van der Waals surface area contributed by atoms with E-state index in [-0.39, 0.29) is 24.3 Å². The van der Waals surface area contributed by atoms with Gasteiger partial charge in [-0.05, 0) is 43.7 Å². The molecular weight excluding hydrogens is 350 g/mol. The SMILES string of the molecule is CCNC(=NCC(CC)(CC)CCO)NCCS(=O)(=O)c1ccccc1. The maximum absolute atomic E-state index is 12.3. The maximum atomic E-state index is 12.3. The third kappa shape index (κ3) is 6.96. The Hall–Kier alpha value is -1.60. The molecule has 0 aliphatic heterocycles. The predicted molar refractivity (Wildman–Crippen MR) is 107 cm³/mol. The zero-order valence-corrected chi connectivity index (χ0v) is 17.0. The van der Waals surface area contributed by atoms with Gasteiger partial charge in [0.05, 0.1) is 10.6 Å². The molecule has 1 aromatic carbocycles. The number of rotatable bonds is 11. The normalized spacial score (nSPS) is 12.8. The van der Waals surface area contributed by atoms with E-state index < -0.39 is 9.84 Å². The molecule has 0 heterocycles. The molecule has 0 radical (unpaired) electrons. The van der Waals surface area contributed by atoms with Crippen molar-refractivity contribution in [3.63, 3.8) is 0 Å². The predicted octanol–water partition coefficient (Wildman–Crippen LogP) is 2.20. The van der Waals surface area contributed by atoms with E-state index in [2.05, 4.69) is 29.5 Å². The van der Waals surface area contributed by atoms with E-state index in [0.717, 1.165) is 12.8 Å². The van der Waals surface area contributed by atoms with Crippen molar-refractivity contribution in [2.45, 2.75) is 44.9 Å². The fourth-order valence-corrected chi connectivity index (χ4v) is 3.96. The fourth-order valence-electron chi connectivity index (χ4n) is 2.78. The van der Waals surface area contributed by atoms with Gasteiger partial charge < -0.3 is 15.7 Å². The number of hydrogen-bond acceptors (Lipinski definition) is 4. The van der Waals surface area contributed by atoms with Crippen LogP contribution in [0, 0.1) is 5.41 Å². The molecule has 0 spiro atoms. The lowest BCUT2D eigenvalue weighted by atomic mass is 9.79. The van der Waals surface area contributed by atoms with Crippen LogP contribution in [-0.2, 0) is 9.84 Å². The maximum Gasteiger partial charge on any atom is 0.191 e. The molecule has 0 saturated heterocycles. The highest BCUT2D eigenvalue weighted by Crippen LogP contribution is 2.30. The lowest BCUT2D eigenvalue weighted by molar-refractivity contribution is 0.175. The Morgan fingerprint density at radius 3 is 2.31 bits per heavy atom. The van der Waals surface area contributed by atoms with E-state index in [1.807, 2.05) is 6.92 Å². The van der Waals surface area contributed by atoms with Gasteiger partial charge in [-0.2, -0.15) is 0 Å². The van der Waals surface area contributed by atoms with Crippen molar-refractivity contribution in [1.29, 1.82) is 0 Å². The van der Waals surface area contributed by atoms with E-state index >= 15 is 0 Å². The highest BCUT2D eigenvalue weighted by Gasteiger charge is 2.25. The Morgan fingerprint density at radius 1 is 1.12 bits per heavy atom. The zero-order valence-electron chi connectivity index (χ0n) is 16.2. The van der Waals surface area contributed by atoms with Gasteiger partial charge in [-0.1, -0.05) is 32.0 Å². The van der Waals surface area contributed by atoms with Crippen molar-refractivity contribution in [3.05, 3.63) is 30.3 Å². The van der Waals surface area contributed by atoms with Crippen LogP contribution in [0.15, 0.2) is 40.2 Å². The number of guanidine groups is 1. The van der Waals surface area contributed by atoms with Crippen molar-refractivity contribution in [3.8, 4) is 0 Å². The Balaban J connectivity index is 2.70. The van der Waals surface area contributed by atoms with Crippen LogP contribution < -0.4 is 10.6 Å². The minimum Gasteiger partial charge on any atom is -0.396 e. The monoisotopic (exact) mass is 383 g/mol. The van der Waals surface area contributed by atoms with Crippen molar-refractivity contribution in [2.24, 2.45) is 10.4 Å². The summed E-state index contributed by atoms with van der Waals surface area (Å²) < 4.78 is 24.7. The lowest BCUT2D eigenvalue weighted by Gasteiger charge is -2.29. The van der Waals surface area contributed by atoms with Gasteiger partial charge in [-0.25, -0.2) is 8.42 Å². The second-order valence-corrected chi connectivity index (χ2v) is 8.54. The Kier molecular flexibility index (Phi) is 9.65. The van der Waals surface area contributed by atoms with E-state index in [1.165, 1.54) is 0 Å². The molecule has 0 unspecified atom stereocenters. The number of aliphatic imine (C=N–C) groups is 1. The van der Waals surface area contributed by atoms with Crippen LogP contribution in [0.2, 0.25) is 0 Å². The average molecular weight is 384 g/mol. The summed E-state index contributed by atoms with van der Waals surface area (Å²) in [5.41, 5.74) is -0.0206. The summed E-state index contributed by atoms with van der Waals surface area (Å²) in [5, 5.41) is 15.6. The first-order valence-electron chi connectivity index (χ1n) is 9.34. The zero-order chi connectivity index (χ0) is 19.5. The van der Waals surface area contributed by atoms with Gasteiger partial charge in [0.25, 0.3) is 0 Å². The van der Waals surface area contributed by atoms with Gasteiger partial charge in [0.15, 0.2) is 15.8 Å². The second kappa shape index (κ2) is 11.2. The van der Waals surface area contributed by atoms with E-state index in [4.69, 9.17) is 0 Å². The smallest absolute Gasteiger partial charge is 0.191 e. The minimum absolute atomic E-state index is 0.00473. The molecule has 0 fully saturated rings. The number of sulfone groups is 1. The van der Waals surface area contributed by atoms with Gasteiger partial charge in [-0.15, -0.1) is 0 Å². The van der Waals surface area contributed by atoms with Crippen molar-refractivity contribution in [2.75, 3.05) is 32.0 Å². The van der Waals surface area contributed by atoms with Gasteiger partial charge in [0.1, 0.15) is 0 Å². The molecule has 7 heteroatoms. The van der Waals surface area contributed by atoms with Crippen LogP contribution in [0.4, 0.5) is 0 Å². The summed E-state index contributed by atoms with van der Waals surface area (Å²) >= 11 is 0. The third-order valence-electron chi connectivity index (χ3n) is 4.82. The summed E-state index contributed by atoms with van der Waals surface area (Å²) in [6, 6.07) is 8.47. The van der Waals surface area contributed by atoms with Crippen molar-refractivity contribution >= 4 is 15.8 Å². The largest absolute Gasteiger partial charge is 0.396 e. The summed E-state index contributed by atoms with van der Waals surface area (Å²) in [6.45, 7) is 7.93.